The molecule has 0 spiro atoms. The van der Waals surface area contributed by atoms with Crippen LogP contribution in [0.3, 0.4) is 0 Å². The molecule has 2 aromatic carbocycles. The second-order valence-electron chi connectivity index (χ2n) is 8.07. The van der Waals surface area contributed by atoms with E-state index in [4.69, 9.17) is 0 Å². The summed E-state index contributed by atoms with van der Waals surface area (Å²) in [7, 11) is 0. The maximum atomic E-state index is 13.4. The Hall–Kier alpha value is -2.40. The Kier molecular flexibility index (Phi) is 8.47. The molecule has 0 bridgehead atoms. The Morgan fingerprint density at radius 3 is 2.39 bits per heavy atom. The molecule has 0 unspecified atom stereocenters. The van der Waals surface area contributed by atoms with Crippen molar-refractivity contribution < 1.29 is 9.59 Å². The quantitative estimate of drug-likeness (QED) is 0.474. The predicted molar refractivity (Wildman–Crippen MR) is 129 cm³/mol. The number of benzene rings is 2. The summed E-state index contributed by atoms with van der Waals surface area (Å²) in [6.45, 7) is 6.18. The number of nitrogens with zero attached hydrogens (tertiary/aromatic N) is 2. The second-order valence-corrected chi connectivity index (χ2v) is 8.93. The summed E-state index contributed by atoms with van der Waals surface area (Å²) >= 11 is 3.63. The average molecular weight is 483 g/mol. The van der Waals surface area contributed by atoms with Gasteiger partial charge in [0.15, 0.2) is 0 Å². The number of amides is 2. The number of hydrogen-bond donors (Lipinski definition) is 0. The van der Waals surface area contributed by atoms with Crippen LogP contribution >= 0.6 is 15.9 Å². The van der Waals surface area contributed by atoms with Crippen molar-refractivity contribution in [2.75, 3.05) is 19.6 Å². The van der Waals surface area contributed by atoms with Gasteiger partial charge in [-0.15, -0.1) is 0 Å². The average Bonchev–Trinajstić information content (AvgIpc) is 2.81. The van der Waals surface area contributed by atoms with Crippen LogP contribution in [0.5, 0.6) is 0 Å². The molecule has 0 N–H and O–H groups in total. The van der Waals surface area contributed by atoms with E-state index in [0.717, 1.165) is 28.6 Å². The molecule has 0 aliphatic carbocycles. The normalized spacial score (nSPS) is 15.8. The van der Waals surface area contributed by atoms with Gasteiger partial charge >= 0.3 is 0 Å². The van der Waals surface area contributed by atoms with Crippen molar-refractivity contribution in [3.8, 4) is 0 Å². The monoisotopic (exact) mass is 482 g/mol. The van der Waals surface area contributed by atoms with Crippen molar-refractivity contribution in [3.63, 3.8) is 0 Å². The molecule has 0 radical (unpaired) electrons. The van der Waals surface area contributed by atoms with E-state index in [9.17, 15) is 9.59 Å². The van der Waals surface area contributed by atoms with Crippen LogP contribution < -0.4 is 0 Å². The van der Waals surface area contributed by atoms with Crippen molar-refractivity contribution in [2.24, 2.45) is 5.92 Å². The van der Waals surface area contributed by atoms with E-state index in [1.807, 2.05) is 64.4 Å². The first-order valence-electron chi connectivity index (χ1n) is 11.1. The van der Waals surface area contributed by atoms with E-state index in [2.05, 4.69) is 35.8 Å². The van der Waals surface area contributed by atoms with Crippen LogP contribution in [0.4, 0.5) is 0 Å². The molecule has 5 heteroatoms. The topological polar surface area (TPSA) is 40.6 Å². The van der Waals surface area contributed by atoms with Crippen LogP contribution in [0.1, 0.15) is 50.3 Å². The molecule has 1 aliphatic rings. The Morgan fingerprint density at radius 2 is 1.74 bits per heavy atom. The van der Waals surface area contributed by atoms with E-state index in [1.165, 1.54) is 0 Å². The molecule has 31 heavy (non-hydrogen) atoms. The zero-order valence-electron chi connectivity index (χ0n) is 18.3. The molecule has 2 amide bonds. The Balaban J connectivity index is 1.60. The molecule has 1 fully saturated rings. The minimum absolute atomic E-state index is 0.0106. The second kappa shape index (κ2) is 11.3. The number of likely N-dealkylation sites (tertiary alicyclic amines) is 1. The SMILES string of the molecule is CCCN(C(=O)C1CCN(C(=O)/C=C\c2ccccc2)CC1)[C@H](C)c1ccccc1Br. The Labute approximate surface area is 194 Å². The van der Waals surface area contributed by atoms with E-state index in [1.54, 1.807) is 6.08 Å². The standard InChI is InChI=1S/C26H31BrN2O2/c1-3-17-29(20(2)23-11-7-8-12-24(23)27)26(31)22-15-18-28(19-16-22)25(30)14-13-21-9-5-4-6-10-21/h4-14,20,22H,3,15-19H2,1-2H3/b14-13-/t20-/m1/s1. The number of rotatable bonds is 7. The lowest BCUT2D eigenvalue weighted by Gasteiger charge is -2.36. The van der Waals surface area contributed by atoms with E-state index in [-0.39, 0.29) is 23.8 Å². The fraction of sp³-hybridized carbons (Fsp3) is 0.385. The highest BCUT2D eigenvalue weighted by Crippen LogP contribution is 2.30. The smallest absolute Gasteiger partial charge is 0.246 e. The van der Waals surface area contributed by atoms with Crippen molar-refractivity contribution >= 4 is 33.8 Å². The Morgan fingerprint density at radius 1 is 1.10 bits per heavy atom. The van der Waals surface area contributed by atoms with Gasteiger partial charge in [0.25, 0.3) is 0 Å². The molecule has 3 rings (SSSR count). The maximum Gasteiger partial charge on any atom is 0.246 e. The van der Waals surface area contributed by atoms with Crippen molar-refractivity contribution in [3.05, 3.63) is 76.3 Å². The minimum Gasteiger partial charge on any atom is -0.339 e. The van der Waals surface area contributed by atoms with Crippen LogP contribution in [-0.4, -0.2) is 41.2 Å². The summed E-state index contributed by atoms with van der Waals surface area (Å²) in [5, 5.41) is 0. The van der Waals surface area contributed by atoms with Gasteiger partial charge in [-0.2, -0.15) is 0 Å². The van der Waals surface area contributed by atoms with Gasteiger partial charge in [0.05, 0.1) is 6.04 Å². The van der Waals surface area contributed by atoms with Gasteiger partial charge in [-0.05, 0) is 49.5 Å². The van der Waals surface area contributed by atoms with Gasteiger partial charge in [-0.3, -0.25) is 9.59 Å². The van der Waals surface area contributed by atoms with Crippen LogP contribution in [-0.2, 0) is 9.59 Å². The zero-order chi connectivity index (χ0) is 22.2. The van der Waals surface area contributed by atoms with Gasteiger partial charge in [0.2, 0.25) is 11.8 Å². The summed E-state index contributed by atoms with van der Waals surface area (Å²) < 4.78 is 1.03. The highest BCUT2D eigenvalue weighted by Gasteiger charge is 2.32. The Bertz CT molecular complexity index is 905. The summed E-state index contributed by atoms with van der Waals surface area (Å²) in [4.78, 5) is 29.8. The maximum absolute atomic E-state index is 13.4. The first-order valence-corrected chi connectivity index (χ1v) is 11.9. The predicted octanol–water partition coefficient (Wildman–Crippen LogP) is 5.70. The summed E-state index contributed by atoms with van der Waals surface area (Å²) in [5.41, 5.74) is 2.14. The lowest BCUT2D eigenvalue weighted by molar-refractivity contribution is -0.141. The summed E-state index contributed by atoms with van der Waals surface area (Å²) in [6.07, 6.45) is 5.83. The highest BCUT2D eigenvalue weighted by atomic mass is 79.9. The molecule has 2 aromatic rings. The third kappa shape index (κ3) is 6.07. The molecular weight excluding hydrogens is 452 g/mol. The van der Waals surface area contributed by atoms with E-state index in [0.29, 0.717) is 25.9 Å². The van der Waals surface area contributed by atoms with Crippen LogP contribution in [0.15, 0.2) is 65.1 Å². The minimum atomic E-state index is -0.0290. The number of carbonyl (C=O) groups is 2. The number of halogens is 1. The molecule has 0 saturated carbocycles. The highest BCUT2D eigenvalue weighted by molar-refractivity contribution is 9.10. The lowest BCUT2D eigenvalue weighted by atomic mass is 9.93. The molecule has 1 heterocycles. The molecule has 1 saturated heterocycles. The number of piperidine rings is 1. The van der Waals surface area contributed by atoms with E-state index < -0.39 is 0 Å². The molecule has 1 atom stereocenters. The van der Waals surface area contributed by atoms with Gasteiger partial charge in [-0.1, -0.05) is 71.4 Å². The fourth-order valence-corrected chi connectivity index (χ4v) is 4.75. The van der Waals surface area contributed by atoms with Gasteiger partial charge in [0.1, 0.15) is 0 Å². The van der Waals surface area contributed by atoms with Gasteiger partial charge in [0, 0.05) is 36.1 Å². The van der Waals surface area contributed by atoms with Gasteiger partial charge in [-0.25, -0.2) is 0 Å². The van der Waals surface area contributed by atoms with E-state index >= 15 is 0 Å². The molecule has 164 valence electrons. The molecular formula is C26H31BrN2O2. The largest absolute Gasteiger partial charge is 0.339 e. The number of carbonyl (C=O) groups excluding carboxylic acids is 2. The number of hydrogen-bond acceptors (Lipinski definition) is 2. The van der Waals surface area contributed by atoms with Crippen LogP contribution in [0.2, 0.25) is 0 Å². The third-order valence-electron chi connectivity index (χ3n) is 5.94. The first-order chi connectivity index (χ1) is 15.0. The summed E-state index contributed by atoms with van der Waals surface area (Å²) in [6, 6.07) is 17.9. The zero-order valence-corrected chi connectivity index (χ0v) is 19.9. The van der Waals surface area contributed by atoms with Crippen molar-refractivity contribution in [1.29, 1.82) is 0 Å². The molecule has 4 nitrogen and oxygen atoms in total. The molecule has 0 aromatic heterocycles. The van der Waals surface area contributed by atoms with Crippen molar-refractivity contribution in [1.82, 2.24) is 9.80 Å². The van der Waals surface area contributed by atoms with Crippen LogP contribution in [0.25, 0.3) is 6.08 Å². The summed E-state index contributed by atoms with van der Waals surface area (Å²) in [5.74, 6) is 0.192. The fourth-order valence-electron chi connectivity index (χ4n) is 4.14. The van der Waals surface area contributed by atoms with Crippen LogP contribution in [0, 0.1) is 5.92 Å². The first kappa shape index (κ1) is 23.3. The van der Waals surface area contributed by atoms with Gasteiger partial charge < -0.3 is 9.80 Å². The third-order valence-corrected chi connectivity index (χ3v) is 6.67. The molecule has 1 aliphatic heterocycles. The lowest BCUT2D eigenvalue weighted by Crippen LogP contribution is -2.45. The van der Waals surface area contributed by atoms with Crippen molar-refractivity contribution in [2.45, 2.75) is 39.2 Å².